The zero-order valence-electron chi connectivity index (χ0n) is 15.2. The highest BCUT2D eigenvalue weighted by molar-refractivity contribution is 5.69. The molecule has 4 heteroatoms. The number of hydrogen-bond acceptors (Lipinski definition) is 3. The summed E-state index contributed by atoms with van der Waals surface area (Å²) in [6.07, 6.45) is 4.08. The van der Waals surface area contributed by atoms with Crippen molar-refractivity contribution < 1.29 is 14.3 Å². The van der Waals surface area contributed by atoms with E-state index in [0.29, 0.717) is 0 Å². The van der Waals surface area contributed by atoms with Crippen molar-refractivity contribution in [2.75, 3.05) is 0 Å². The predicted molar refractivity (Wildman–Crippen MR) is 93.8 cm³/mol. The second-order valence-electron chi connectivity index (χ2n) is 8.06. The Hall–Kier alpha value is -1.55. The number of piperidine rings is 1. The van der Waals surface area contributed by atoms with E-state index in [2.05, 4.69) is 19.1 Å². The van der Waals surface area contributed by atoms with Crippen molar-refractivity contribution in [2.24, 2.45) is 0 Å². The molecule has 0 saturated carbocycles. The van der Waals surface area contributed by atoms with Crippen LogP contribution in [0, 0.1) is 0 Å². The zero-order valence-corrected chi connectivity index (χ0v) is 15.2. The van der Waals surface area contributed by atoms with Crippen LogP contribution in [0.4, 0.5) is 4.79 Å². The van der Waals surface area contributed by atoms with Crippen LogP contribution in [-0.4, -0.2) is 34.8 Å². The maximum atomic E-state index is 12.5. The normalized spacial score (nSPS) is 27.8. The molecule has 0 aliphatic carbocycles. The second kappa shape index (κ2) is 6.75. The van der Waals surface area contributed by atoms with E-state index in [-0.39, 0.29) is 30.4 Å². The molecule has 0 radical (unpaired) electrons. The monoisotopic (exact) mass is 331 g/mol. The molecule has 1 amide bonds. The third-order valence-electron chi connectivity index (χ3n) is 4.96. The van der Waals surface area contributed by atoms with Crippen molar-refractivity contribution in [1.29, 1.82) is 0 Å². The Balaban J connectivity index is 1.60. The number of carbonyl (C=O) groups excluding carboxylic acids is 1. The van der Waals surface area contributed by atoms with Gasteiger partial charge in [-0.15, -0.1) is 0 Å². The molecule has 2 aliphatic rings. The zero-order chi connectivity index (χ0) is 17.3. The first-order valence-electron chi connectivity index (χ1n) is 9.05. The minimum atomic E-state index is -0.439. The van der Waals surface area contributed by atoms with E-state index in [4.69, 9.17) is 9.47 Å². The summed E-state index contributed by atoms with van der Waals surface area (Å²) < 4.78 is 11.9. The fourth-order valence-corrected chi connectivity index (χ4v) is 3.94. The Morgan fingerprint density at radius 3 is 2.25 bits per heavy atom. The largest absolute Gasteiger partial charge is 0.444 e. The smallest absolute Gasteiger partial charge is 0.410 e. The van der Waals surface area contributed by atoms with Crippen molar-refractivity contribution >= 4 is 6.09 Å². The van der Waals surface area contributed by atoms with Crippen LogP contribution in [-0.2, 0) is 9.47 Å². The molecule has 2 saturated heterocycles. The summed E-state index contributed by atoms with van der Waals surface area (Å²) >= 11 is 0. The maximum Gasteiger partial charge on any atom is 0.410 e. The quantitative estimate of drug-likeness (QED) is 0.806. The van der Waals surface area contributed by atoms with Crippen molar-refractivity contribution in [3.8, 4) is 0 Å². The predicted octanol–water partition coefficient (Wildman–Crippen LogP) is 4.69. The van der Waals surface area contributed by atoms with Crippen LogP contribution in [0.1, 0.15) is 65.0 Å². The molecular formula is C20H29NO3. The van der Waals surface area contributed by atoms with Crippen LogP contribution in [0.15, 0.2) is 30.3 Å². The van der Waals surface area contributed by atoms with Crippen molar-refractivity contribution in [3.05, 3.63) is 35.9 Å². The van der Waals surface area contributed by atoms with Gasteiger partial charge in [0.1, 0.15) is 5.60 Å². The molecular weight excluding hydrogens is 302 g/mol. The summed E-state index contributed by atoms with van der Waals surface area (Å²) in [7, 11) is 0. The molecule has 4 atom stereocenters. The number of benzene rings is 1. The standard InChI is InChI=1S/C20H29NO3/c1-14(15-8-6-5-7-9-15)23-18-12-16-10-11-17(13-18)21(16)19(22)24-20(2,3)4/h5-9,14,16-18H,10-13H2,1-4H3/t14?,16-,17+,18+. The number of nitrogens with zero attached hydrogens (tertiary/aromatic N) is 1. The van der Waals surface area contributed by atoms with Crippen LogP contribution in [0.2, 0.25) is 0 Å². The summed E-state index contributed by atoms with van der Waals surface area (Å²) in [6.45, 7) is 7.87. The summed E-state index contributed by atoms with van der Waals surface area (Å²) in [4.78, 5) is 14.5. The SMILES string of the molecule is CC(O[C@H]1C[C@H]2CC[C@@H](C1)N2C(=O)OC(C)(C)C)c1ccccc1. The van der Waals surface area contributed by atoms with Crippen LogP contribution in [0.25, 0.3) is 0 Å². The summed E-state index contributed by atoms with van der Waals surface area (Å²) in [5.41, 5.74) is 0.769. The Morgan fingerprint density at radius 1 is 1.12 bits per heavy atom. The van der Waals surface area contributed by atoms with Crippen molar-refractivity contribution in [1.82, 2.24) is 4.90 Å². The van der Waals surface area contributed by atoms with Gasteiger partial charge >= 0.3 is 6.09 Å². The lowest BCUT2D eigenvalue weighted by Crippen LogP contribution is -2.50. The lowest BCUT2D eigenvalue weighted by Gasteiger charge is -2.40. The van der Waals surface area contributed by atoms with Crippen LogP contribution in [0.5, 0.6) is 0 Å². The van der Waals surface area contributed by atoms with Crippen LogP contribution in [0.3, 0.4) is 0 Å². The van der Waals surface area contributed by atoms with Gasteiger partial charge in [0.05, 0.1) is 12.2 Å². The average Bonchev–Trinajstić information content (AvgIpc) is 2.78. The molecule has 3 rings (SSSR count). The first-order valence-corrected chi connectivity index (χ1v) is 9.05. The van der Waals surface area contributed by atoms with Crippen LogP contribution >= 0.6 is 0 Å². The van der Waals surface area contributed by atoms with Gasteiger partial charge in [-0.25, -0.2) is 4.79 Å². The van der Waals surface area contributed by atoms with Crippen molar-refractivity contribution in [2.45, 2.75) is 83.3 Å². The molecule has 24 heavy (non-hydrogen) atoms. The van der Waals surface area contributed by atoms with Gasteiger partial charge in [0.15, 0.2) is 0 Å². The van der Waals surface area contributed by atoms with Gasteiger partial charge in [-0.1, -0.05) is 30.3 Å². The van der Waals surface area contributed by atoms with E-state index in [9.17, 15) is 4.79 Å². The molecule has 2 bridgehead atoms. The number of carbonyl (C=O) groups is 1. The van der Waals surface area contributed by atoms with E-state index in [1.54, 1.807) is 0 Å². The topological polar surface area (TPSA) is 38.8 Å². The van der Waals surface area contributed by atoms with E-state index in [0.717, 1.165) is 25.7 Å². The molecule has 4 nitrogen and oxygen atoms in total. The lowest BCUT2D eigenvalue weighted by atomic mass is 9.99. The second-order valence-corrected chi connectivity index (χ2v) is 8.06. The summed E-state index contributed by atoms with van der Waals surface area (Å²) in [5.74, 6) is 0. The number of rotatable bonds is 3. The van der Waals surface area contributed by atoms with E-state index in [1.807, 2.05) is 43.9 Å². The minimum absolute atomic E-state index is 0.0867. The van der Waals surface area contributed by atoms with Gasteiger partial charge < -0.3 is 14.4 Å². The Morgan fingerprint density at radius 2 is 1.71 bits per heavy atom. The lowest BCUT2D eigenvalue weighted by molar-refractivity contribution is -0.0600. The Labute approximate surface area is 145 Å². The third-order valence-corrected chi connectivity index (χ3v) is 4.96. The van der Waals surface area contributed by atoms with Gasteiger partial charge in [-0.3, -0.25) is 0 Å². The highest BCUT2D eigenvalue weighted by Gasteiger charge is 2.45. The number of amides is 1. The molecule has 1 aromatic rings. The fraction of sp³-hybridized carbons (Fsp3) is 0.650. The molecule has 0 spiro atoms. The van der Waals surface area contributed by atoms with Crippen molar-refractivity contribution in [3.63, 3.8) is 0 Å². The molecule has 0 N–H and O–H groups in total. The highest BCUT2D eigenvalue weighted by atomic mass is 16.6. The van der Waals surface area contributed by atoms with Gasteiger partial charge in [0.25, 0.3) is 0 Å². The Bertz CT molecular complexity index is 552. The highest BCUT2D eigenvalue weighted by Crippen LogP contribution is 2.39. The number of ether oxygens (including phenoxy) is 2. The maximum absolute atomic E-state index is 12.5. The molecule has 2 fully saturated rings. The molecule has 1 aromatic carbocycles. The van der Waals surface area contributed by atoms with Gasteiger partial charge in [0, 0.05) is 12.1 Å². The third kappa shape index (κ3) is 3.92. The fourth-order valence-electron chi connectivity index (χ4n) is 3.94. The van der Waals surface area contributed by atoms with Crippen LogP contribution < -0.4 is 0 Å². The summed E-state index contributed by atoms with van der Waals surface area (Å²) in [5, 5.41) is 0. The van der Waals surface area contributed by atoms with E-state index >= 15 is 0 Å². The molecule has 2 aliphatic heterocycles. The summed E-state index contributed by atoms with van der Waals surface area (Å²) in [6, 6.07) is 10.8. The van der Waals surface area contributed by atoms with E-state index < -0.39 is 5.60 Å². The van der Waals surface area contributed by atoms with Gasteiger partial charge in [0.2, 0.25) is 0 Å². The van der Waals surface area contributed by atoms with Gasteiger partial charge in [-0.05, 0) is 58.9 Å². The van der Waals surface area contributed by atoms with Gasteiger partial charge in [-0.2, -0.15) is 0 Å². The number of hydrogen-bond donors (Lipinski definition) is 0. The number of fused-ring (bicyclic) bond motifs is 2. The molecule has 2 heterocycles. The average molecular weight is 331 g/mol. The first kappa shape index (κ1) is 17.3. The molecule has 1 unspecified atom stereocenters. The van der Waals surface area contributed by atoms with E-state index in [1.165, 1.54) is 5.56 Å². The molecule has 0 aromatic heterocycles. The first-order chi connectivity index (χ1) is 11.3. The Kier molecular flexibility index (Phi) is 4.86. The molecule has 132 valence electrons. The minimum Gasteiger partial charge on any atom is -0.444 e.